The van der Waals surface area contributed by atoms with Gasteiger partial charge < -0.3 is 0 Å². The lowest BCUT2D eigenvalue weighted by atomic mass is 10.4. The number of rotatable bonds is 1. The summed E-state index contributed by atoms with van der Waals surface area (Å²) in [4.78, 5) is 6.79. The van der Waals surface area contributed by atoms with Crippen LogP contribution in [-0.2, 0) is 6.18 Å². The highest BCUT2D eigenvalue weighted by Gasteiger charge is 2.32. The summed E-state index contributed by atoms with van der Waals surface area (Å²) in [5.74, 6) is 0. The monoisotopic (exact) mass is 193 g/mol. The Morgan fingerprint density at radius 3 is 2.58 bits per heavy atom. The van der Waals surface area contributed by atoms with Crippen LogP contribution >= 0.6 is 11.8 Å². The maximum Gasteiger partial charge on any atom is 0.433 e. The first kappa shape index (κ1) is 9.31. The zero-order valence-corrected chi connectivity index (χ0v) is 6.61. The van der Waals surface area contributed by atoms with Gasteiger partial charge in [0.05, 0.1) is 0 Å². The van der Waals surface area contributed by atoms with Crippen molar-refractivity contribution < 1.29 is 13.2 Å². The van der Waals surface area contributed by atoms with E-state index in [1.54, 1.807) is 0 Å². The van der Waals surface area contributed by atoms with E-state index in [-0.39, 0.29) is 5.16 Å². The lowest BCUT2D eigenvalue weighted by molar-refractivity contribution is -0.141. The van der Waals surface area contributed by atoms with Gasteiger partial charge in [-0.15, -0.1) is 0 Å². The number of thioether (sulfide) groups is 1. The van der Waals surface area contributed by atoms with Crippen molar-refractivity contribution >= 4 is 11.8 Å². The zero-order chi connectivity index (χ0) is 9.19. The lowest BCUT2D eigenvalue weighted by Crippen LogP contribution is -2.08. The van der Waals surface area contributed by atoms with E-state index >= 15 is 0 Å². The molecule has 12 heavy (non-hydrogen) atoms. The number of halogens is 3. The van der Waals surface area contributed by atoms with Gasteiger partial charge in [-0.25, -0.2) is 9.97 Å². The zero-order valence-electron chi connectivity index (χ0n) is 5.80. The fourth-order valence-corrected chi connectivity index (χ4v) is 0.867. The Morgan fingerprint density at radius 1 is 1.42 bits per heavy atom. The van der Waals surface area contributed by atoms with Crippen molar-refractivity contribution in [3.8, 4) is 0 Å². The molecule has 6 heteroatoms. The Labute approximate surface area is 71.2 Å². The van der Waals surface area contributed by atoms with Crippen LogP contribution in [0.5, 0.6) is 0 Å². The molecule has 2 nitrogen and oxygen atoms in total. The largest absolute Gasteiger partial charge is 0.433 e. The third-order valence-corrected chi connectivity index (χ3v) is 1.51. The summed E-state index contributed by atoms with van der Waals surface area (Å²) in [6, 6.07) is 0.819. The molecule has 0 N–H and O–H groups in total. The molecule has 0 spiro atoms. The summed E-state index contributed by atoms with van der Waals surface area (Å²) in [6.07, 6.45) is -0.0470. The Bertz CT molecular complexity index is 274. The normalized spacial score (nSPS) is 11.7. The molecule has 0 atom stereocenters. The fourth-order valence-electron chi connectivity index (χ4n) is 0.568. The van der Waals surface area contributed by atoms with Crippen molar-refractivity contribution in [1.82, 2.24) is 9.97 Å². The van der Waals surface area contributed by atoms with Crippen LogP contribution in [0, 0.1) is 6.26 Å². The van der Waals surface area contributed by atoms with Crippen molar-refractivity contribution in [3.05, 3.63) is 24.2 Å². The highest BCUT2D eigenvalue weighted by atomic mass is 32.2. The molecule has 0 aliphatic carbocycles. The number of hydrogen-bond donors (Lipinski definition) is 0. The number of hydrogen-bond acceptors (Lipinski definition) is 3. The van der Waals surface area contributed by atoms with E-state index in [1.807, 2.05) is 0 Å². The first-order chi connectivity index (χ1) is 5.54. The van der Waals surface area contributed by atoms with Gasteiger partial charge in [-0.3, -0.25) is 0 Å². The molecular formula is C6H4F3N2S. The molecule has 0 aromatic carbocycles. The van der Waals surface area contributed by atoms with Crippen molar-refractivity contribution in [2.75, 3.05) is 0 Å². The molecule has 0 bridgehead atoms. The summed E-state index contributed by atoms with van der Waals surface area (Å²) >= 11 is 0.827. The van der Waals surface area contributed by atoms with E-state index in [9.17, 15) is 13.2 Å². The van der Waals surface area contributed by atoms with Gasteiger partial charge in [-0.1, -0.05) is 11.8 Å². The SMILES string of the molecule is [CH2]Sc1nccc(C(F)(F)F)n1. The van der Waals surface area contributed by atoms with Gasteiger partial charge in [0.25, 0.3) is 0 Å². The first-order valence-corrected chi connectivity index (χ1v) is 3.85. The molecule has 1 heterocycles. The fraction of sp³-hybridized carbons (Fsp3) is 0.167. The van der Waals surface area contributed by atoms with Crippen LogP contribution in [0.3, 0.4) is 0 Å². The molecule has 1 aromatic rings. The summed E-state index contributed by atoms with van der Waals surface area (Å²) in [6.45, 7) is 0. The highest BCUT2D eigenvalue weighted by Crippen LogP contribution is 2.27. The van der Waals surface area contributed by atoms with Crippen LogP contribution in [0.2, 0.25) is 0 Å². The Kier molecular flexibility index (Phi) is 2.56. The predicted octanol–water partition coefficient (Wildman–Crippen LogP) is 2.38. The molecule has 1 aromatic heterocycles. The molecule has 65 valence electrons. The Hall–Kier alpha value is -0.780. The van der Waals surface area contributed by atoms with Gasteiger partial charge >= 0.3 is 6.18 Å². The third kappa shape index (κ3) is 2.10. The third-order valence-electron chi connectivity index (χ3n) is 1.05. The maximum absolute atomic E-state index is 12.0. The minimum atomic E-state index is -4.41. The summed E-state index contributed by atoms with van der Waals surface area (Å²) in [5, 5.41) is 0.0184. The predicted molar refractivity (Wildman–Crippen MR) is 38.2 cm³/mol. The van der Waals surface area contributed by atoms with Crippen LogP contribution in [-0.4, -0.2) is 9.97 Å². The second kappa shape index (κ2) is 3.30. The number of alkyl halides is 3. The molecule has 0 aliphatic heterocycles. The lowest BCUT2D eigenvalue weighted by Gasteiger charge is -2.04. The summed E-state index contributed by atoms with van der Waals surface area (Å²) in [5.41, 5.74) is -0.941. The van der Waals surface area contributed by atoms with Crippen LogP contribution < -0.4 is 0 Å². The minimum Gasteiger partial charge on any atom is -0.231 e. The van der Waals surface area contributed by atoms with Crippen molar-refractivity contribution in [3.63, 3.8) is 0 Å². The van der Waals surface area contributed by atoms with E-state index in [0.29, 0.717) is 0 Å². The summed E-state index contributed by atoms with van der Waals surface area (Å²) < 4.78 is 36.0. The molecule has 0 unspecified atom stereocenters. The highest BCUT2D eigenvalue weighted by molar-refractivity contribution is 8.00. The van der Waals surface area contributed by atoms with E-state index in [0.717, 1.165) is 24.0 Å². The standard InChI is InChI=1S/C6H4F3N2S/c1-12-5-10-3-2-4(11-5)6(7,8)9/h2-3H,1H2. The second-order valence-electron chi connectivity index (χ2n) is 1.87. The second-order valence-corrected chi connectivity index (χ2v) is 2.52. The van der Waals surface area contributed by atoms with Crippen molar-refractivity contribution in [2.45, 2.75) is 11.3 Å². The van der Waals surface area contributed by atoms with Gasteiger partial charge in [-0.2, -0.15) is 13.2 Å². The first-order valence-electron chi connectivity index (χ1n) is 2.86. The Morgan fingerprint density at radius 2 is 2.08 bits per heavy atom. The average Bonchev–Trinajstić information content (AvgIpc) is 2.03. The summed E-state index contributed by atoms with van der Waals surface area (Å²) in [7, 11) is 0. The minimum absolute atomic E-state index is 0.0184. The Balaban J connectivity index is 3.02. The van der Waals surface area contributed by atoms with Crippen LogP contribution in [0.1, 0.15) is 5.69 Å². The van der Waals surface area contributed by atoms with Gasteiger partial charge in [0.1, 0.15) is 5.69 Å². The van der Waals surface area contributed by atoms with E-state index < -0.39 is 11.9 Å². The molecule has 1 radical (unpaired) electrons. The molecule has 0 saturated heterocycles. The van der Waals surface area contributed by atoms with Crippen LogP contribution in [0.25, 0.3) is 0 Å². The van der Waals surface area contributed by atoms with Gasteiger partial charge in [0.15, 0.2) is 5.16 Å². The van der Waals surface area contributed by atoms with Crippen molar-refractivity contribution in [1.29, 1.82) is 0 Å². The van der Waals surface area contributed by atoms with Gasteiger partial charge in [-0.05, 0) is 6.07 Å². The molecule has 0 aliphatic rings. The molecule has 0 saturated carbocycles. The number of aromatic nitrogens is 2. The van der Waals surface area contributed by atoms with Crippen LogP contribution in [0.15, 0.2) is 17.4 Å². The van der Waals surface area contributed by atoms with E-state index in [2.05, 4.69) is 16.2 Å². The molecule has 0 amide bonds. The molecule has 1 rings (SSSR count). The van der Waals surface area contributed by atoms with Gasteiger partial charge in [0.2, 0.25) is 0 Å². The van der Waals surface area contributed by atoms with Gasteiger partial charge in [0, 0.05) is 12.5 Å². The maximum atomic E-state index is 12.0. The topological polar surface area (TPSA) is 25.8 Å². The average molecular weight is 193 g/mol. The van der Waals surface area contributed by atoms with E-state index in [4.69, 9.17) is 0 Å². The van der Waals surface area contributed by atoms with E-state index in [1.165, 1.54) is 0 Å². The smallest absolute Gasteiger partial charge is 0.231 e. The van der Waals surface area contributed by atoms with Crippen LogP contribution in [0.4, 0.5) is 13.2 Å². The molecular weight excluding hydrogens is 189 g/mol. The van der Waals surface area contributed by atoms with Crippen molar-refractivity contribution in [2.24, 2.45) is 0 Å². The molecule has 0 fully saturated rings. The quantitative estimate of drug-likeness (QED) is 0.505. The number of nitrogens with zero attached hydrogens (tertiary/aromatic N) is 2.